The van der Waals surface area contributed by atoms with Crippen LogP contribution < -0.4 is 15.4 Å². The third-order valence-corrected chi connectivity index (χ3v) is 4.45. The lowest BCUT2D eigenvalue weighted by Gasteiger charge is -2.29. The zero-order chi connectivity index (χ0) is 19.6. The molecular weight excluding hydrogens is 350 g/mol. The first-order valence-electron chi connectivity index (χ1n) is 8.48. The molecule has 2 N–H and O–H groups in total. The van der Waals surface area contributed by atoms with Crippen LogP contribution in [0.25, 0.3) is 0 Å². The van der Waals surface area contributed by atoms with Crippen LogP contribution in [0, 0.1) is 17.0 Å². The summed E-state index contributed by atoms with van der Waals surface area (Å²) >= 11 is 0. The molecule has 0 unspecified atom stereocenters. The number of carbonyl (C=O) groups excluding carboxylic acids is 2. The molecule has 140 valence electrons. The molecule has 2 amide bonds. The number of hydrogen-bond acceptors (Lipinski definition) is 5. The van der Waals surface area contributed by atoms with Crippen LogP contribution in [0.1, 0.15) is 27.9 Å². The summed E-state index contributed by atoms with van der Waals surface area (Å²) in [6.07, 6.45) is 1.38. The maximum Gasteiger partial charge on any atom is 0.269 e. The molecule has 27 heavy (non-hydrogen) atoms. The van der Waals surface area contributed by atoms with Crippen molar-refractivity contribution < 1.29 is 19.2 Å². The molecule has 0 atom stereocenters. The Hall–Kier alpha value is -3.42. The van der Waals surface area contributed by atoms with Gasteiger partial charge in [-0.25, -0.2) is 0 Å². The lowest BCUT2D eigenvalue weighted by Crippen LogP contribution is -2.38. The lowest BCUT2D eigenvalue weighted by atomic mass is 10.0. The fourth-order valence-corrected chi connectivity index (χ4v) is 3.13. The molecule has 0 aromatic heterocycles. The SMILES string of the molecule is Cc1ccc(C(N)=O)c(OCC(=O)N2CCCc3cc([N+](=O)[O-])ccc32)c1. The Morgan fingerprint density at radius 1 is 1.26 bits per heavy atom. The highest BCUT2D eigenvalue weighted by Crippen LogP contribution is 2.30. The maximum atomic E-state index is 12.7. The number of nitro benzene ring substituents is 1. The first kappa shape index (κ1) is 18.4. The Balaban J connectivity index is 1.78. The van der Waals surface area contributed by atoms with Crippen molar-refractivity contribution in [2.45, 2.75) is 19.8 Å². The van der Waals surface area contributed by atoms with Gasteiger partial charge in [0.05, 0.1) is 10.5 Å². The Kier molecular flexibility index (Phi) is 5.07. The van der Waals surface area contributed by atoms with Crippen LogP contribution in [-0.4, -0.2) is 29.9 Å². The molecule has 0 fully saturated rings. The van der Waals surface area contributed by atoms with E-state index in [1.165, 1.54) is 12.1 Å². The highest BCUT2D eigenvalue weighted by Gasteiger charge is 2.25. The van der Waals surface area contributed by atoms with E-state index in [-0.39, 0.29) is 29.5 Å². The van der Waals surface area contributed by atoms with Crippen molar-refractivity contribution in [2.75, 3.05) is 18.1 Å². The Labute approximate surface area is 155 Å². The van der Waals surface area contributed by atoms with Crippen LogP contribution >= 0.6 is 0 Å². The molecule has 2 aromatic carbocycles. The molecule has 3 rings (SSSR count). The third-order valence-electron chi connectivity index (χ3n) is 4.45. The van der Waals surface area contributed by atoms with Crippen LogP contribution in [0.4, 0.5) is 11.4 Å². The smallest absolute Gasteiger partial charge is 0.269 e. The van der Waals surface area contributed by atoms with Crippen molar-refractivity contribution in [3.63, 3.8) is 0 Å². The van der Waals surface area contributed by atoms with Crippen LogP contribution in [0.3, 0.4) is 0 Å². The van der Waals surface area contributed by atoms with Crippen LogP contribution in [-0.2, 0) is 11.2 Å². The Bertz CT molecular complexity index is 926. The molecule has 0 radical (unpaired) electrons. The molecule has 0 aliphatic carbocycles. The second kappa shape index (κ2) is 7.45. The third kappa shape index (κ3) is 3.89. The lowest BCUT2D eigenvalue weighted by molar-refractivity contribution is -0.384. The fraction of sp³-hybridized carbons (Fsp3) is 0.263. The summed E-state index contributed by atoms with van der Waals surface area (Å²) in [6.45, 7) is 2.08. The highest BCUT2D eigenvalue weighted by molar-refractivity contribution is 5.97. The zero-order valence-electron chi connectivity index (χ0n) is 14.8. The molecule has 8 heteroatoms. The first-order chi connectivity index (χ1) is 12.9. The minimum absolute atomic E-state index is 0.00478. The van der Waals surface area contributed by atoms with E-state index in [1.807, 2.05) is 6.92 Å². The van der Waals surface area contributed by atoms with E-state index in [4.69, 9.17) is 10.5 Å². The number of carbonyl (C=O) groups is 2. The summed E-state index contributed by atoms with van der Waals surface area (Å²) in [5, 5.41) is 10.9. The quantitative estimate of drug-likeness (QED) is 0.641. The van der Waals surface area contributed by atoms with Gasteiger partial charge in [0.2, 0.25) is 0 Å². The number of benzene rings is 2. The maximum absolute atomic E-state index is 12.7. The van der Waals surface area contributed by atoms with Gasteiger partial charge in [-0.05, 0) is 49.1 Å². The first-order valence-corrected chi connectivity index (χ1v) is 8.48. The van der Waals surface area contributed by atoms with Gasteiger partial charge in [0.25, 0.3) is 17.5 Å². The van der Waals surface area contributed by atoms with E-state index in [0.29, 0.717) is 25.1 Å². The number of aryl methyl sites for hydroxylation is 2. The number of hydrogen-bond donors (Lipinski definition) is 1. The number of amides is 2. The number of non-ortho nitro benzene ring substituents is 1. The van der Waals surface area contributed by atoms with Gasteiger partial charge in [0.15, 0.2) is 6.61 Å². The largest absolute Gasteiger partial charge is 0.483 e. The zero-order valence-corrected chi connectivity index (χ0v) is 14.8. The average molecular weight is 369 g/mol. The van der Waals surface area contributed by atoms with E-state index < -0.39 is 10.8 Å². The summed E-state index contributed by atoms with van der Waals surface area (Å²) in [6, 6.07) is 9.43. The van der Waals surface area contributed by atoms with Gasteiger partial charge in [-0.15, -0.1) is 0 Å². The number of fused-ring (bicyclic) bond motifs is 1. The molecule has 8 nitrogen and oxygen atoms in total. The number of nitrogens with two attached hydrogens (primary N) is 1. The van der Waals surface area contributed by atoms with Crippen LogP contribution in [0.5, 0.6) is 5.75 Å². The molecule has 1 heterocycles. The van der Waals surface area contributed by atoms with Crippen molar-refractivity contribution in [3.05, 3.63) is 63.2 Å². The molecular formula is C19H19N3O5. The van der Waals surface area contributed by atoms with E-state index in [0.717, 1.165) is 11.1 Å². The number of nitrogens with zero attached hydrogens (tertiary/aromatic N) is 2. The molecule has 0 bridgehead atoms. The predicted molar refractivity (Wildman–Crippen MR) is 99.0 cm³/mol. The number of ether oxygens (including phenoxy) is 1. The molecule has 1 aliphatic heterocycles. The summed E-state index contributed by atoms with van der Waals surface area (Å²) in [4.78, 5) is 36.2. The molecule has 0 saturated carbocycles. The normalized spacial score (nSPS) is 13.0. The Morgan fingerprint density at radius 2 is 2.04 bits per heavy atom. The molecule has 2 aromatic rings. The van der Waals surface area contributed by atoms with Gasteiger partial charge < -0.3 is 15.4 Å². The second-order valence-corrected chi connectivity index (χ2v) is 6.37. The van der Waals surface area contributed by atoms with E-state index in [1.54, 1.807) is 29.2 Å². The summed E-state index contributed by atoms with van der Waals surface area (Å²) in [5.74, 6) is -0.661. The fourth-order valence-electron chi connectivity index (χ4n) is 3.13. The minimum Gasteiger partial charge on any atom is -0.483 e. The summed E-state index contributed by atoms with van der Waals surface area (Å²) < 4.78 is 5.57. The van der Waals surface area contributed by atoms with Gasteiger partial charge in [0.1, 0.15) is 5.75 Å². The molecule has 1 aliphatic rings. The van der Waals surface area contributed by atoms with E-state index in [9.17, 15) is 19.7 Å². The Morgan fingerprint density at radius 3 is 2.74 bits per heavy atom. The van der Waals surface area contributed by atoms with Gasteiger partial charge in [-0.1, -0.05) is 6.07 Å². The van der Waals surface area contributed by atoms with Crippen molar-refractivity contribution in [1.82, 2.24) is 0 Å². The van der Waals surface area contributed by atoms with Crippen LogP contribution in [0.2, 0.25) is 0 Å². The number of primary amides is 1. The average Bonchev–Trinajstić information content (AvgIpc) is 2.64. The minimum atomic E-state index is -0.631. The van der Waals surface area contributed by atoms with Crippen molar-refractivity contribution in [2.24, 2.45) is 5.73 Å². The number of rotatable bonds is 5. The van der Waals surface area contributed by atoms with Gasteiger partial charge >= 0.3 is 0 Å². The van der Waals surface area contributed by atoms with Crippen molar-refractivity contribution >= 4 is 23.2 Å². The summed E-state index contributed by atoms with van der Waals surface area (Å²) in [7, 11) is 0. The molecule has 0 spiro atoms. The van der Waals surface area contributed by atoms with E-state index in [2.05, 4.69) is 0 Å². The van der Waals surface area contributed by atoms with Gasteiger partial charge in [-0.2, -0.15) is 0 Å². The topological polar surface area (TPSA) is 116 Å². The number of anilines is 1. The molecule has 0 saturated heterocycles. The van der Waals surface area contributed by atoms with Crippen molar-refractivity contribution in [3.8, 4) is 5.75 Å². The second-order valence-electron chi connectivity index (χ2n) is 6.37. The van der Waals surface area contributed by atoms with Gasteiger partial charge in [-0.3, -0.25) is 19.7 Å². The van der Waals surface area contributed by atoms with E-state index >= 15 is 0 Å². The van der Waals surface area contributed by atoms with Crippen molar-refractivity contribution in [1.29, 1.82) is 0 Å². The van der Waals surface area contributed by atoms with Gasteiger partial charge in [0, 0.05) is 24.4 Å². The highest BCUT2D eigenvalue weighted by atomic mass is 16.6. The van der Waals surface area contributed by atoms with Crippen LogP contribution in [0.15, 0.2) is 36.4 Å². The number of nitro groups is 1. The summed E-state index contributed by atoms with van der Waals surface area (Å²) in [5.41, 5.74) is 7.85. The predicted octanol–water partition coefficient (Wildman–Crippen LogP) is 2.36. The standard InChI is InChI=1S/C19H19N3O5/c1-12-4-6-15(19(20)24)17(9-12)27-11-18(23)21-8-2-3-13-10-14(22(25)26)5-7-16(13)21/h4-7,9-10H,2-3,8,11H2,1H3,(H2,20,24). The monoisotopic (exact) mass is 369 g/mol.